The van der Waals surface area contributed by atoms with Gasteiger partial charge in [0, 0.05) is 19.0 Å². The lowest BCUT2D eigenvalue weighted by Crippen LogP contribution is -2.26. The summed E-state index contributed by atoms with van der Waals surface area (Å²) in [5.41, 5.74) is 0. The minimum Gasteiger partial charge on any atom is -0.475 e. The Labute approximate surface area is 112 Å². The van der Waals surface area contributed by atoms with E-state index in [2.05, 4.69) is 0 Å². The van der Waals surface area contributed by atoms with Gasteiger partial charge in [-0.05, 0) is 13.3 Å². The Kier molecular flexibility index (Phi) is 4.81. The number of carboxylic acid groups (broad SMARTS) is 1. The molecule has 20 heavy (non-hydrogen) atoms. The highest BCUT2D eigenvalue weighted by Gasteiger charge is 2.27. The standard InChI is InChI=1S/C10H12F3NO5S/c1-6-8(5-7(19-6)9(15)16)20(17,18)14-4-2-3-10(11,12)13/h5,14H,2-4H2,1H3,(H,15,16). The number of hydrogen-bond donors (Lipinski definition) is 2. The lowest BCUT2D eigenvalue weighted by atomic mass is 10.3. The summed E-state index contributed by atoms with van der Waals surface area (Å²) >= 11 is 0. The van der Waals surface area contributed by atoms with Gasteiger partial charge in [0.2, 0.25) is 15.8 Å². The normalized spacial score (nSPS) is 12.6. The minimum atomic E-state index is -4.35. The van der Waals surface area contributed by atoms with Crippen LogP contribution in [0.3, 0.4) is 0 Å². The zero-order valence-electron chi connectivity index (χ0n) is 10.3. The smallest absolute Gasteiger partial charge is 0.389 e. The molecule has 0 radical (unpaired) electrons. The van der Waals surface area contributed by atoms with Crippen molar-refractivity contribution in [2.45, 2.75) is 30.8 Å². The van der Waals surface area contributed by atoms with E-state index in [0.717, 1.165) is 6.07 Å². The van der Waals surface area contributed by atoms with Crippen LogP contribution in [0, 0.1) is 6.92 Å². The van der Waals surface area contributed by atoms with E-state index in [1.165, 1.54) is 6.92 Å². The van der Waals surface area contributed by atoms with Crippen molar-refractivity contribution < 1.29 is 35.9 Å². The quantitative estimate of drug-likeness (QED) is 0.782. The highest BCUT2D eigenvalue weighted by Crippen LogP contribution is 2.22. The largest absolute Gasteiger partial charge is 0.475 e. The van der Waals surface area contributed by atoms with E-state index in [1.54, 1.807) is 0 Å². The van der Waals surface area contributed by atoms with Crippen molar-refractivity contribution in [3.63, 3.8) is 0 Å². The third-order valence-electron chi connectivity index (χ3n) is 2.30. The highest BCUT2D eigenvalue weighted by molar-refractivity contribution is 7.89. The maximum absolute atomic E-state index is 11.9. The number of hydrogen-bond acceptors (Lipinski definition) is 4. The lowest BCUT2D eigenvalue weighted by Gasteiger charge is -2.07. The van der Waals surface area contributed by atoms with Gasteiger partial charge in [-0.3, -0.25) is 0 Å². The lowest BCUT2D eigenvalue weighted by molar-refractivity contribution is -0.135. The topological polar surface area (TPSA) is 96.6 Å². The summed E-state index contributed by atoms with van der Waals surface area (Å²) < 4.78 is 65.9. The Morgan fingerprint density at radius 1 is 1.45 bits per heavy atom. The summed E-state index contributed by atoms with van der Waals surface area (Å²) in [5.74, 6) is -2.14. The first-order valence-electron chi connectivity index (χ1n) is 5.43. The molecule has 0 amide bonds. The fourth-order valence-corrected chi connectivity index (χ4v) is 2.66. The molecule has 0 spiro atoms. The molecule has 0 aliphatic heterocycles. The van der Waals surface area contributed by atoms with Crippen LogP contribution < -0.4 is 4.72 Å². The summed E-state index contributed by atoms with van der Waals surface area (Å²) in [6.07, 6.45) is -5.88. The Bertz CT molecular complexity index is 591. The van der Waals surface area contributed by atoms with E-state index in [4.69, 9.17) is 9.52 Å². The maximum atomic E-state index is 11.9. The van der Waals surface area contributed by atoms with Crippen molar-refractivity contribution in [2.75, 3.05) is 6.54 Å². The fourth-order valence-electron chi connectivity index (χ4n) is 1.41. The van der Waals surface area contributed by atoms with Crippen molar-refractivity contribution in [3.8, 4) is 0 Å². The van der Waals surface area contributed by atoms with Gasteiger partial charge in [-0.15, -0.1) is 0 Å². The molecule has 0 aromatic carbocycles. The number of rotatable bonds is 6. The third kappa shape index (κ3) is 4.53. The zero-order chi connectivity index (χ0) is 15.6. The van der Waals surface area contributed by atoms with E-state index in [-0.39, 0.29) is 5.76 Å². The van der Waals surface area contributed by atoms with Gasteiger partial charge in [0.15, 0.2) is 0 Å². The second-order valence-electron chi connectivity index (χ2n) is 3.95. The van der Waals surface area contributed by atoms with Crippen LogP contribution in [0.2, 0.25) is 0 Å². The molecule has 10 heteroatoms. The average Bonchev–Trinajstić information content (AvgIpc) is 2.66. The molecule has 0 saturated carbocycles. The number of carboxylic acids is 1. The first-order valence-corrected chi connectivity index (χ1v) is 6.91. The Morgan fingerprint density at radius 3 is 2.50 bits per heavy atom. The molecule has 1 heterocycles. The van der Waals surface area contributed by atoms with Crippen LogP contribution >= 0.6 is 0 Å². The van der Waals surface area contributed by atoms with Crippen LogP contribution in [-0.2, 0) is 10.0 Å². The summed E-state index contributed by atoms with van der Waals surface area (Å²) in [4.78, 5) is 10.2. The van der Waals surface area contributed by atoms with Crippen LogP contribution in [0.4, 0.5) is 13.2 Å². The number of aromatic carboxylic acids is 1. The van der Waals surface area contributed by atoms with Gasteiger partial charge in [-0.2, -0.15) is 13.2 Å². The van der Waals surface area contributed by atoms with Gasteiger partial charge in [0.1, 0.15) is 10.7 Å². The van der Waals surface area contributed by atoms with Gasteiger partial charge < -0.3 is 9.52 Å². The molecule has 0 aliphatic carbocycles. The van der Waals surface area contributed by atoms with Gasteiger partial charge in [-0.25, -0.2) is 17.9 Å². The second kappa shape index (κ2) is 5.83. The van der Waals surface area contributed by atoms with Gasteiger partial charge >= 0.3 is 12.1 Å². The molecular formula is C10H12F3NO5S. The molecule has 6 nitrogen and oxygen atoms in total. The van der Waals surface area contributed by atoms with E-state index >= 15 is 0 Å². The van der Waals surface area contributed by atoms with Crippen molar-refractivity contribution in [1.82, 2.24) is 4.72 Å². The van der Waals surface area contributed by atoms with Gasteiger partial charge in [-0.1, -0.05) is 0 Å². The Hall–Kier alpha value is -1.55. The first kappa shape index (κ1) is 16.5. The SMILES string of the molecule is Cc1oc(C(=O)O)cc1S(=O)(=O)NCCCC(F)(F)F. The Morgan fingerprint density at radius 2 is 2.05 bits per heavy atom. The third-order valence-corrected chi connectivity index (χ3v) is 3.87. The summed E-state index contributed by atoms with van der Waals surface area (Å²) in [5, 5.41) is 8.66. The molecule has 0 bridgehead atoms. The minimum absolute atomic E-state index is 0.147. The zero-order valence-corrected chi connectivity index (χ0v) is 11.1. The number of alkyl halides is 3. The summed E-state index contributed by atoms with van der Waals surface area (Å²) in [6, 6.07) is 0.809. The van der Waals surface area contributed by atoms with Crippen molar-refractivity contribution in [3.05, 3.63) is 17.6 Å². The molecule has 1 aromatic heterocycles. The molecule has 0 fully saturated rings. The molecule has 0 saturated heterocycles. The van der Waals surface area contributed by atoms with Crippen molar-refractivity contribution in [2.24, 2.45) is 0 Å². The molecule has 0 atom stereocenters. The number of nitrogens with one attached hydrogen (secondary N) is 1. The van der Waals surface area contributed by atoms with Gasteiger partial charge in [0.25, 0.3) is 0 Å². The number of sulfonamides is 1. The summed E-state index contributed by atoms with van der Waals surface area (Å²) in [6.45, 7) is 0.839. The number of halogens is 3. The molecule has 1 aromatic rings. The number of carbonyl (C=O) groups is 1. The predicted molar refractivity (Wildman–Crippen MR) is 60.9 cm³/mol. The van der Waals surface area contributed by atoms with Crippen molar-refractivity contribution in [1.29, 1.82) is 0 Å². The van der Waals surface area contributed by atoms with Crippen LogP contribution in [0.5, 0.6) is 0 Å². The molecule has 2 N–H and O–H groups in total. The number of aryl methyl sites for hydroxylation is 1. The first-order chi connectivity index (χ1) is 9.03. The molecule has 114 valence electrons. The highest BCUT2D eigenvalue weighted by atomic mass is 32.2. The fraction of sp³-hybridized carbons (Fsp3) is 0.500. The molecule has 1 rings (SSSR count). The predicted octanol–water partition coefficient (Wildman–Crippen LogP) is 1.91. The second-order valence-corrected chi connectivity index (χ2v) is 5.69. The van der Waals surface area contributed by atoms with Crippen LogP contribution in [0.15, 0.2) is 15.4 Å². The summed E-state index contributed by atoms with van der Waals surface area (Å²) in [7, 11) is -4.10. The monoisotopic (exact) mass is 315 g/mol. The average molecular weight is 315 g/mol. The van der Waals surface area contributed by atoms with Crippen LogP contribution in [0.25, 0.3) is 0 Å². The van der Waals surface area contributed by atoms with E-state index in [9.17, 15) is 26.4 Å². The van der Waals surface area contributed by atoms with E-state index < -0.39 is 52.2 Å². The molecular weight excluding hydrogens is 303 g/mol. The van der Waals surface area contributed by atoms with E-state index in [1.807, 2.05) is 4.72 Å². The maximum Gasteiger partial charge on any atom is 0.389 e. The van der Waals surface area contributed by atoms with Crippen LogP contribution in [-0.4, -0.2) is 32.2 Å². The number of furan rings is 1. The Balaban J connectivity index is 2.72. The van der Waals surface area contributed by atoms with Crippen molar-refractivity contribution >= 4 is 16.0 Å². The van der Waals surface area contributed by atoms with Crippen LogP contribution in [0.1, 0.15) is 29.2 Å². The van der Waals surface area contributed by atoms with E-state index in [0.29, 0.717) is 0 Å². The molecule has 0 unspecified atom stereocenters. The molecule has 0 aliphatic rings. The van der Waals surface area contributed by atoms with Gasteiger partial charge in [0.05, 0.1) is 0 Å².